The van der Waals surface area contributed by atoms with Crippen molar-refractivity contribution in [3.05, 3.63) is 42.4 Å². The highest BCUT2D eigenvalue weighted by Crippen LogP contribution is 2.25. The lowest BCUT2D eigenvalue weighted by Gasteiger charge is -2.34. The van der Waals surface area contributed by atoms with Crippen molar-refractivity contribution in [2.75, 3.05) is 13.1 Å². The van der Waals surface area contributed by atoms with E-state index >= 15 is 0 Å². The molecule has 0 aliphatic carbocycles. The molecular weight excluding hydrogens is 312 g/mol. The van der Waals surface area contributed by atoms with Crippen molar-refractivity contribution in [1.82, 2.24) is 19.9 Å². The van der Waals surface area contributed by atoms with Crippen molar-refractivity contribution < 1.29 is 5.11 Å². The van der Waals surface area contributed by atoms with Gasteiger partial charge in [0.15, 0.2) is 5.82 Å². The van der Waals surface area contributed by atoms with Crippen LogP contribution < -0.4 is 0 Å². The largest absolute Gasteiger partial charge is 0.393 e. The molecule has 5 heteroatoms. The summed E-state index contributed by atoms with van der Waals surface area (Å²) in [6, 6.07) is 5.75. The summed E-state index contributed by atoms with van der Waals surface area (Å²) in [5.41, 5.74) is 1.93. The molecule has 1 aliphatic heterocycles. The van der Waals surface area contributed by atoms with Crippen molar-refractivity contribution in [3.63, 3.8) is 0 Å². The van der Waals surface area contributed by atoms with Gasteiger partial charge in [-0.2, -0.15) is 0 Å². The van der Waals surface area contributed by atoms with E-state index in [0.717, 1.165) is 50.2 Å². The predicted molar refractivity (Wildman–Crippen MR) is 98.7 cm³/mol. The van der Waals surface area contributed by atoms with Crippen LogP contribution in [0.4, 0.5) is 0 Å². The molecule has 0 bridgehead atoms. The minimum absolute atomic E-state index is 0.150. The molecule has 2 aromatic heterocycles. The summed E-state index contributed by atoms with van der Waals surface area (Å²) >= 11 is 0. The van der Waals surface area contributed by atoms with Gasteiger partial charge >= 0.3 is 0 Å². The van der Waals surface area contributed by atoms with E-state index in [1.165, 1.54) is 0 Å². The third-order valence-electron chi connectivity index (χ3n) is 4.89. The fourth-order valence-corrected chi connectivity index (χ4v) is 3.49. The Hall–Kier alpha value is -1.85. The zero-order chi connectivity index (χ0) is 17.6. The first-order chi connectivity index (χ1) is 12.1. The smallest absolute Gasteiger partial charge is 0.178 e. The van der Waals surface area contributed by atoms with Crippen LogP contribution in [0.1, 0.15) is 38.7 Å². The van der Waals surface area contributed by atoms with E-state index in [9.17, 15) is 5.11 Å². The summed E-state index contributed by atoms with van der Waals surface area (Å²) in [4.78, 5) is 15.6. The normalized spacial score (nSPS) is 17.8. The van der Waals surface area contributed by atoms with E-state index in [2.05, 4.69) is 33.7 Å². The molecule has 0 radical (unpaired) electrons. The third kappa shape index (κ3) is 5.06. The zero-order valence-corrected chi connectivity index (χ0v) is 15.2. The maximum atomic E-state index is 10.3. The second-order valence-electron chi connectivity index (χ2n) is 7.44. The average Bonchev–Trinajstić information content (AvgIpc) is 2.63. The summed E-state index contributed by atoms with van der Waals surface area (Å²) in [5, 5.41) is 10.3. The molecule has 1 unspecified atom stereocenters. The fraction of sp³-hybridized carbons (Fsp3) is 0.550. The van der Waals surface area contributed by atoms with Gasteiger partial charge in [-0.05, 0) is 56.3 Å². The van der Waals surface area contributed by atoms with Gasteiger partial charge in [-0.25, -0.2) is 9.97 Å². The Morgan fingerprint density at radius 3 is 2.44 bits per heavy atom. The zero-order valence-electron chi connectivity index (χ0n) is 15.2. The van der Waals surface area contributed by atoms with Crippen molar-refractivity contribution in [3.8, 4) is 11.5 Å². The highest BCUT2D eigenvalue weighted by molar-refractivity contribution is 5.47. The van der Waals surface area contributed by atoms with Crippen LogP contribution in [0, 0.1) is 11.8 Å². The SMILES string of the molecule is CC(C)CC(O)C1CCN(Cc2cnc(-c3ccccn3)nc2)CC1. The number of nitrogens with zero attached hydrogens (tertiary/aromatic N) is 4. The maximum absolute atomic E-state index is 10.3. The van der Waals surface area contributed by atoms with Gasteiger partial charge in [0.05, 0.1) is 6.10 Å². The summed E-state index contributed by atoms with van der Waals surface area (Å²) in [6.07, 6.45) is 8.45. The molecule has 1 saturated heterocycles. The van der Waals surface area contributed by atoms with Crippen molar-refractivity contribution in [2.24, 2.45) is 11.8 Å². The van der Waals surface area contributed by atoms with Crippen LogP contribution in [-0.4, -0.2) is 44.2 Å². The third-order valence-corrected chi connectivity index (χ3v) is 4.89. The van der Waals surface area contributed by atoms with Crippen LogP contribution >= 0.6 is 0 Å². The Balaban J connectivity index is 1.51. The maximum Gasteiger partial charge on any atom is 0.178 e. The lowest BCUT2D eigenvalue weighted by molar-refractivity contribution is 0.0436. The lowest BCUT2D eigenvalue weighted by Crippen LogP contribution is -2.37. The minimum Gasteiger partial charge on any atom is -0.393 e. The van der Waals surface area contributed by atoms with Gasteiger partial charge in [0, 0.05) is 30.7 Å². The number of piperidine rings is 1. The molecule has 25 heavy (non-hydrogen) atoms. The van der Waals surface area contributed by atoms with Crippen LogP contribution in [0.3, 0.4) is 0 Å². The Bertz CT molecular complexity index is 637. The Kier molecular flexibility index (Phi) is 6.10. The molecule has 0 amide bonds. The van der Waals surface area contributed by atoms with Gasteiger partial charge in [0.1, 0.15) is 5.69 Å². The number of hydrogen-bond donors (Lipinski definition) is 1. The first-order valence-corrected chi connectivity index (χ1v) is 9.24. The number of likely N-dealkylation sites (tertiary alicyclic amines) is 1. The number of pyridine rings is 1. The molecule has 0 spiro atoms. The van der Waals surface area contributed by atoms with Gasteiger partial charge in [0.2, 0.25) is 0 Å². The van der Waals surface area contributed by atoms with Crippen LogP contribution in [0.25, 0.3) is 11.5 Å². The number of rotatable bonds is 6. The molecule has 0 aromatic carbocycles. The quantitative estimate of drug-likeness (QED) is 0.875. The summed E-state index contributed by atoms with van der Waals surface area (Å²) < 4.78 is 0. The Labute approximate surface area is 150 Å². The molecule has 134 valence electrons. The molecule has 3 heterocycles. The Morgan fingerprint density at radius 1 is 1.12 bits per heavy atom. The minimum atomic E-state index is -0.150. The molecule has 1 fully saturated rings. The molecule has 2 aromatic rings. The van der Waals surface area contributed by atoms with Crippen LogP contribution in [0.2, 0.25) is 0 Å². The second-order valence-corrected chi connectivity index (χ2v) is 7.44. The lowest BCUT2D eigenvalue weighted by atomic mass is 9.87. The van der Waals surface area contributed by atoms with Crippen molar-refractivity contribution >= 4 is 0 Å². The van der Waals surface area contributed by atoms with E-state index in [-0.39, 0.29) is 6.10 Å². The summed E-state index contributed by atoms with van der Waals surface area (Å²) in [6.45, 7) is 7.28. The van der Waals surface area contributed by atoms with Gasteiger partial charge in [-0.1, -0.05) is 19.9 Å². The average molecular weight is 340 g/mol. The monoisotopic (exact) mass is 340 g/mol. The molecular formula is C20H28N4O. The fourth-order valence-electron chi connectivity index (χ4n) is 3.49. The first-order valence-electron chi connectivity index (χ1n) is 9.24. The molecule has 1 atom stereocenters. The molecule has 3 rings (SSSR count). The summed E-state index contributed by atoms with van der Waals surface area (Å²) in [7, 11) is 0. The van der Waals surface area contributed by atoms with E-state index in [1.54, 1.807) is 6.20 Å². The van der Waals surface area contributed by atoms with E-state index in [4.69, 9.17) is 0 Å². The van der Waals surface area contributed by atoms with Gasteiger partial charge < -0.3 is 5.11 Å². The molecule has 5 nitrogen and oxygen atoms in total. The highest BCUT2D eigenvalue weighted by Gasteiger charge is 2.25. The molecule has 1 N–H and O–H groups in total. The summed E-state index contributed by atoms with van der Waals surface area (Å²) in [5.74, 6) is 1.67. The standard InChI is InChI=1S/C20H28N4O/c1-15(2)11-19(25)17-6-9-24(10-7-17)14-16-12-22-20(23-13-16)18-5-3-4-8-21-18/h3-5,8,12-13,15,17,19,25H,6-7,9-11,14H2,1-2H3. The highest BCUT2D eigenvalue weighted by atomic mass is 16.3. The van der Waals surface area contributed by atoms with Gasteiger partial charge in [-0.15, -0.1) is 0 Å². The number of aliphatic hydroxyl groups is 1. The second kappa shape index (κ2) is 8.50. The molecule has 0 saturated carbocycles. The van der Waals surface area contributed by atoms with E-state index < -0.39 is 0 Å². The van der Waals surface area contributed by atoms with Gasteiger partial charge in [-0.3, -0.25) is 9.88 Å². The number of hydrogen-bond acceptors (Lipinski definition) is 5. The van der Waals surface area contributed by atoms with Crippen LogP contribution in [-0.2, 0) is 6.54 Å². The molecule has 1 aliphatic rings. The first kappa shape index (κ1) is 18.0. The van der Waals surface area contributed by atoms with Crippen molar-refractivity contribution in [2.45, 2.75) is 45.8 Å². The predicted octanol–water partition coefficient (Wildman–Crippen LogP) is 3.16. The van der Waals surface area contributed by atoms with E-state index in [1.807, 2.05) is 30.6 Å². The number of aliphatic hydroxyl groups excluding tert-OH is 1. The van der Waals surface area contributed by atoms with Gasteiger partial charge in [0.25, 0.3) is 0 Å². The van der Waals surface area contributed by atoms with Crippen molar-refractivity contribution in [1.29, 1.82) is 0 Å². The number of aromatic nitrogens is 3. The van der Waals surface area contributed by atoms with Crippen LogP contribution in [0.5, 0.6) is 0 Å². The Morgan fingerprint density at radius 2 is 1.84 bits per heavy atom. The topological polar surface area (TPSA) is 62.1 Å². The van der Waals surface area contributed by atoms with E-state index in [0.29, 0.717) is 17.7 Å². The van der Waals surface area contributed by atoms with Crippen LogP contribution in [0.15, 0.2) is 36.8 Å².